The van der Waals surface area contributed by atoms with E-state index in [1.807, 2.05) is 0 Å². The van der Waals surface area contributed by atoms with Gasteiger partial charge in [0, 0.05) is 0 Å². The van der Waals surface area contributed by atoms with E-state index in [0.717, 1.165) is 0 Å². The Hall–Kier alpha value is -0.990. The molecule has 0 amide bonds. The number of rotatable bonds is 2. The van der Waals surface area contributed by atoms with Crippen LogP contribution in [0.3, 0.4) is 0 Å². The molecule has 0 atom stereocenters. The molecule has 0 spiro atoms. The van der Waals surface area contributed by atoms with Crippen LogP contribution in [0.15, 0.2) is 11.1 Å². The molecule has 0 aromatic carbocycles. The summed E-state index contributed by atoms with van der Waals surface area (Å²) in [5.41, 5.74) is -0.946. The Balaban J connectivity index is 3.59. The molecule has 0 unspecified atom stereocenters. The molecular formula is C6H5ClF2N2O3S. The van der Waals surface area contributed by atoms with E-state index in [2.05, 4.69) is 10.1 Å². The first-order chi connectivity index (χ1) is 6.75. The van der Waals surface area contributed by atoms with Crippen LogP contribution >= 0.6 is 11.6 Å². The summed E-state index contributed by atoms with van der Waals surface area (Å²) in [5.74, 6) is -0.869. The van der Waals surface area contributed by atoms with Crippen molar-refractivity contribution in [3.8, 4) is 5.75 Å². The van der Waals surface area contributed by atoms with Crippen molar-refractivity contribution in [1.29, 1.82) is 0 Å². The molecular weight excluding hydrogens is 254 g/mol. The highest BCUT2D eigenvalue weighted by atomic mass is 35.5. The van der Waals surface area contributed by atoms with Crippen LogP contribution in [-0.4, -0.2) is 18.5 Å². The number of aromatic nitrogens is 1. The molecule has 0 aliphatic heterocycles. The standard InChI is InChI=1S/C6H5ClF2N2O3S/c7-3-4(6(8)9)11-1-2(12)5(3)15(10,13)14/h1,6,12H,(H2,10,13,14). The zero-order valence-corrected chi connectivity index (χ0v) is 8.56. The second kappa shape index (κ2) is 3.87. The van der Waals surface area contributed by atoms with Gasteiger partial charge >= 0.3 is 0 Å². The highest BCUT2D eigenvalue weighted by Crippen LogP contribution is 2.34. The monoisotopic (exact) mass is 258 g/mol. The van der Waals surface area contributed by atoms with Gasteiger partial charge in [-0.25, -0.2) is 27.3 Å². The molecule has 1 aromatic heterocycles. The summed E-state index contributed by atoms with van der Waals surface area (Å²) in [5, 5.41) is 12.9. The van der Waals surface area contributed by atoms with Gasteiger partial charge in [0.15, 0.2) is 5.75 Å². The van der Waals surface area contributed by atoms with E-state index < -0.39 is 37.8 Å². The molecule has 0 aliphatic rings. The van der Waals surface area contributed by atoms with Crippen molar-refractivity contribution in [2.75, 3.05) is 0 Å². The third kappa shape index (κ3) is 2.33. The Morgan fingerprint density at radius 1 is 1.53 bits per heavy atom. The van der Waals surface area contributed by atoms with Crippen molar-refractivity contribution >= 4 is 21.6 Å². The molecule has 0 bridgehead atoms. The van der Waals surface area contributed by atoms with E-state index in [9.17, 15) is 17.2 Å². The molecule has 1 aromatic rings. The van der Waals surface area contributed by atoms with Crippen molar-refractivity contribution in [3.05, 3.63) is 16.9 Å². The lowest BCUT2D eigenvalue weighted by Crippen LogP contribution is -2.14. The average molecular weight is 259 g/mol. The number of nitrogens with two attached hydrogens (primary N) is 1. The summed E-state index contributed by atoms with van der Waals surface area (Å²) in [6, 6.07) is 0. The molecule has 5 nitrogen and oxygen atoms in total. The number of halogens is 3. The minimum Gasteiger partial charge on any atom is -0.505 e. The highest BCUT2D eigenvalue weighted by molar-refractivity contribution is 7.89. The minimum absolute atomic E-state index is 0.549. The third-order valence-corrected chi connectivity index (χ3v) is 2.95. The maximum atomic E-state index is 12.3. The van der Waals surface area contributed by atoms with E-state index in [0.29, 0.717) is 6.20 Å². The fourth-order valence-corrected chi connectivity index (χ4v) is 2.15. The van der Waals surface area contributed by atoms with E-state index in [-0.39, 0.29) is 0 Å². The van der Waals surface area contributed by atoms with Crippen LogP contribution in [0.2, 0.25) is 5.02 Å². The largest absolute Gasteiger partial charge is 0.505 e. The molecule has 0 radical (unpaired) electrons. The van der Waals surface area contributed by atoms with Gasteiger partial charge in [-0.05, 0) is 0 Å². The van der Waals surface area contributed by atoms with Gasteiger partial charge in [0.1, 0.15) is 10.6 Å². The molecule has 9 heteroatoms. The molecule has 15 heavy (non-hydrogen) atoms. The van der Waals surface area contributed by atoms with Crippen molar-refractivity contribution in [2.45, 2.75) is 11.3 Å². The van der Waals surface area contributed by atoms with E-state index >= 15 is 0 Å². The average Bonchev–Trinajstić information content (AvgIpc) is 2.00. The van der Waals surface area contributed by atoms with Crippen LogP contribution in [0.4, 0.5) is 8.78 Å². The Labute approximate surface area is 88.5 Å². The number of pyridine rings is 1. The van der Waals surface area contributed by atoms with Crippen LogP contribution in [0.5, 0.6) is 5.75 Å². The fourth-order valence-electron chi connectivity index (χ4n) is 0.898. The molecule has 0 aliphatic carbocycles. The molecule has 0 saturated carbocycles. The van der Waals surface area contributed by atoms with E-state index in [4.69, 9.17) is 16.7 Å². The second-order valence-electron chi connectivity index (χ2n) is 2.52. The van der Waals surface area contributed by atoms with Crippen LogP contribution in [-0.2, 0) is 10.0 Å². The smallest absolute Gasteiger partial charge is 0.281 e. The van der Waals surface area contributed by atoms with Crippen molar-refractivity contribution in [2.24, 2.45) is 5.14 Å². The number of primary sulfonamides is 1. The SMILES string of the molecule is NS(=O)(=O)c1c(O)cnc(C(F)F)c1Cl. The zero-order chi connectivity index (χ0) is 11.8. The zero-order valence-electron chi connectivity index (χ0n) is 6.99. The van der Waals surface area contributed by atoms with Crippen LogP contribution in [0.1, 0.15) is 12.1 Å². The predicted octanol–water partition coefficient (Wildman–Crippen LogP) is 1.03. The molecule has 1 rings (SSSR count). The van der Waals surface area contributed by atoms with Gasteiger partial charge in [-0.15, -0.1) is 0 Å². The highest BCUT2D eigenvalue weighted by Gasteiger charge is 2.25. The first-order valence-corrected chi connectivity index (χ1v) is 5.36. The topological polar surface area (TPSA) is 93.3 Å². The van der Waals surface area contributed by atoms with Gasteiger partial charge in [-0.3, -0.25) is 0 Å². The number of aromatic hydroxyl groups is 1. The number of hydrogen-bond acceptors (Lipinski definition) is 4. The second-order valence-corrected chi connectivity index (χ2v) is 4.39. The first-order valence-electron chi connectivity index (χ1n) is 3.43. The number of sulfonamides is 1. The van der Waals surface area contributed by atoms with Gasteiger partial charge in [0.25, 0.3) is 6.43 Å². The molecule has 3 N–H and O–H groups in total. The fraction of sp³-hybridized carbons (Fsp3) is 0.167. The normalized spacial score (nSPS) is 12.1. The lowest BCUT2D eigenvalue weighted by Gasteiger charge is -2.07. The summed E-state index contributed by atoms with van der Waals surface area (Å²) in [6.07, 6.45) is -2.51. The number of hydrogen-bond donors (Lipinski definition) is 2. The van der Waals surface area contributed by atoms with Crippen molar-refractivity contribution in [1.82, 2.24) is 4.98 Å². The molecule has 84 valence electrons. The Morgan fingerprint density at radius 3 is 2.47 bits per heavy atom. The Bertz CT molecular complexity index is 491. The minimum atomic E-state index is -4.38. The summed E-state index contributed by atoms with van der Waals surface area (Å²) in [7, 11) is -4.38. The van der Waals surface area contributed by atoms with Crippen LogP contribution in [0.25, 0.3) is 0 Å². The maximum absolute atomic E-state index is 12.3. The number of nitrogens with zero attached hydrogens (tertiary/aromatic N) is 1. The summed E-state index contributed by atoms with van der Waals surface area (Å²) >= 11 is 5.33. The molecule has 0 fully saturated rings. The first kappa shape index (κ1) is 12.1. The summed E-state index contributed by atoms with van der Waals surface area (Å²) < 4.78 is 46.3. The summed E-state index contributed by atoms with van der Waals surface area (Å²) in [4.78, 5) is 2.15. The van der Waals surface area contributed by atoms with E-state index in [1.54, 1.807) is 0 Å². The Morgan fingerprint density at radius 2 is 2.07 bits per heavy atom. The van der Waals surface area contributed by atoms with Gasteiger partial charge in [-0.1, -0.05) is 11.6 Å². The predicted molar refractivity (Wildman–Crippen MR) is 47.2 cm³/mol. The van der Waals surface area contributed by atoms with Crippen LogP contribution in [0, 0.1) is 0 Å². The lowest BCUT2D eigenvalue weighted by atomic mass is 10.3. The van der Waals surface area contributed by atoms with Gasteiger partial charge < -0.3 is 5.11 Å². The van der Waals surface area contributed by atoms with E-state index in [1.165, 1.54) is 0 Å². The number of alkyl halides is 2. The third-order valence-electron chi connectivity index (χ3n) is 1.47. The van der Waals surface area contributed by atoms with Gasteiger partial charge in [0.05, 0.1) is 11.2 Å². The van der Waals surface area contributed by atoms with Crippen molar-refractivity contribution in [3.63, 3.8) is 0 Å². The summed E-state index contributed by atoms with van der Waals surface area (Å²) in [6.45, 7) is 0. The Kier molecular flexibility index (Phi) is 3.12. The van der Waals surface area contributed by atoms with Gasteiger partial charge in [-0.2, -0.15) is 0 Å². The molecule has 1 heterocycles. The quantitative estimate of drug-likeness (QED) is 0.828. The van der Waals surface area contributed by atoms with Crippen LogP contribution < -0.4 is 5.14 Å². The maximum Gasteiger partial charge on any atom is 0.281 e. The van der Waals surface area contributed by atoms with Gasteiger partial charge in [0.2, 0.25) is 10.0 Å². The lowest BCUT2D eigenvalue weighted by molar-refractivity contribution is 0.145. The molecule has 0 saturated heterocycles. The van der Waals surface area contributed by atoms with Crippen molar-refractivity contribution < 1.29 is 22.3 Å².